The third kappa shape index (κ3) is 2.82. The van der Waals surface area contributed by atoms with E-state index in [9.17, 15) is 13.2 Å². The highest BCUT2D eigenvalue weighted by Gasteiger charge is 2.44. The van der Waals surface area contributed by atoms with Gasteiger partial charge < -0.3 is 12.4 Å². The molecule has 120 valence electrons. The van der Waals surface area contributed by atoms with Crippen molar-refractivity contribution in [2.24, 2.45) is 0 Å². The van der Waals surface area contributed by atoms with Crippen molar-refractivity contribution >= 4 is 17.4 Å². The Morgan fingerprint density at radius 3 is 2.43 bits per heavy atom. The number of aromatic nitrogens is 1. The molecule has 1 aliphatic heterocycles. The minimum absolute atomic E-state index is 0. The van der Waals surface area contributed by atoms with Gasteiger partial charge in [0.2, 0.25) is 0 Å². The minimum atomic E-state index is -4.70. The number of nitrogens with one attached hydrogen (secondary N) is 1. The molecule has 1 N–H and O–H groups in total. The molecule has 3 nitrogen and oxygen atoms in total. The van der Waals surface area contributed by atoms with Crippen molar-refractivity contribution in [1.82, 2.24) is 0 Å². The molecule has 0 fully saturated rings. The molecule has 23 heavy (non-hydrogen) atoms. The molecule has 1 aromatic carbocycles. The second kappa shape index (κ2) is 6.26. The number of benzene rings is 1. The van der Waals surface area contributed by atoms with Gasteiger partial charge >= 0.3 is 6.18 Å². The fourth-order valence-corrected chi connectivity index (χ4v) is 3.07. The highest BCUT2D eigenvalue weighted by atomic mass is 35.5. The lowest BCUT2D eigenvalue weighted by atomic mass is 10.0. The van der Waals surface area contributed by atoms with E-state index >= 15 is 0 Å². The Morgan fingerprint density at radius 2 is 1.87 bits per heavy atom. The van der Waals surface area contributed by atoms with E-state index in [4.69, 9.17) is 16.9 Å². The minimum Gasteiger partial charge on any atom is -1.00 e. The summed E-state index contributed by atoms with van der Waals surface area (Å²) in [5.41, 5.74) is -0.702. The molecule has 1 aromatic heterocycles. The highest BCUT2D eigenvalue weighted by molar-refractivity contribution is 6.34. The molecule has 2 aromatic rings. The van der Waals surface area contributed by atoms with Gasteiger partial charge in [-0.25, -0.2) is 4.57 Å². The average molecular weight is 360 g/mol. The summed E-state index contributed by atoms with van der Waals surface area (Å²) < 4.78 is 41.8. The molecule has 0 bridgehead atoms. The smallest absolute Gasteiger partial charge is 0.419 e. The van der Waals surface area contributed by atoms with Crippen LogP contribution in [-0.4, -0.2) is 6.54 Å². The van der Waals surface area contributed by atoms with E-state index in [-0.39, 0.29) is 23.9 Å². The fraction of sp³-hybridized carbons (Fsp3) is 0.200. The van der Waals surface area contributed by atoms with Gasteiger partial charge in [0.05, 0.1) is 0 Å². The van der Waals surface area contributed by atoms with Crippen molar-refractivity contribution in [3.63, 3.8) is 0 Å². The van der Waals surface area contributed by atoms with Crippen molar-refractivity contribution in [3.8, 4) is 17.3 Å². The number of pyridine rings is 1. The molecular weight excluding hydrogens is 350 g/mol. The molecule has 2 heterocycles. The third-order valence-corrected chi connectivity index (χ3v) is 3.89. The number of halogens is 5. The number of hydrogen-bond donors (Lipinski definition) is 1. The number of anilines is 1. The molecule has 0 aliphatic carbocycles. The normalized spacial score (nSPS) is 12.8. The third-order valence-electron chi connectivity index (χ3n) is 3.52. The van der Waals surface area contributed by atoms with Crippen molar-refractivity contribution in [2.75, 3.05) is 11.9 Å². The number of nitrogens with zero attached hydrogens (tertiary/aromatic N) is 2. The summed E-state index contributed by atoms with van der Waals surface area (Å²) in [6.07, 6.45) is -4.70. The predicted molar refractivity (Wildman–Crippen MR) is 75.3 cm³/mol. The predicted octanol–water partition coefficient (Wildman–Crippen LogP) is 0.614. The van der Waals surface area contributed by atoms with Crippen LogP contribution in [0.25, 0.3) is 11.3 Å². The molecule has 0 unspecified atom stereocenters. The standard InChI is InChI=1S/C15H9ClF3N3.ClH/c16-12-11(15(17,18)19)10(8-20)14-21-6-7-22(14)13(12)9-4-2-1-3-5-9;/h1-5H,6-7H2;1H. The van der Waals surface area contributed by atoms with Crippen LogP contribution in [0, 0.1) is 11.3 Å². The summed E-state index contributed by atoms with van der Waals surface area (Å²) in [4.78, 5) is 0. The van der Waals surface area contributed by atoms with E-state index in [0.29, 0.717) is 18.7 Å². The maximum atomic E-state index is 13.4. The van der Waals surface area contributed by atoms with Crippen LogP contribution in [0.2, 0.25) is 5.02 Å². The van der Waals surface area contributed by atoms with Crippen LogP contribution in [0.4, 0.5) is 19.0 Å². The number of alkyl halides is 3. The van der Waals surface area contributed by atoms with Gasteiger partial charge in [-0.2, -0.15) is 18.4 Å². The first-order valence-corrected chi connectivity index (χ1v) is 6.89. The van der Waals surface area contributed by atoms with E-state index < -0.39 is 22.3 Å². The molecule has 3 rings (SSSR count). The van der Waals surface area contributed by atoms with Crippen LogP contribution in [0.1, 0.15) is 11.1 Å². The van der Waals surface area contributed by atoms with Gasteiger partial charge in [-0.3, -0.25) is 5.32 Å². The summed E-state index contributed by atoms with van der Waals surface area (Å²) in [5, 5.41) is 11.6. The molecule has 0 radical (unpaired) electrons. The Morgan fingerprint density at radius 1 is 1.22 bits per heavy atom. The van der Waals surface area contributed by atoms with E-state index in [0.717, 1.165) is 0 Å². The zero-order valence-electron chi connectivity index (χ0n) is 11.6. The molecular formula is C15H10Cl2F3N3. The van der Waals surface area contributed by atoms with Crippen molar-refractivity contribution in [2.45, 2.75) is 12.7 Å². The van der Waals surface area contributed by atoms with Gasteiger partial charge in [0, 0.05) is 5.56 Å². The molecule has 0 atom stereocenters. The second-order valence-corrected chi connectivity index (χ2v) is 5.19. The summed E-state index contributed by atoms with van der Waals surface area (Å²) >= 11 is 6.08. The van der Waals surface area contributed by atoms with Gasteiger partial charge in [-0.15, -0.1) is 0 Å². The lowest BCUT2D eigenvalue weighted by molar-refractivity contribution is -0.659. The largest absolute Gasteiger partial charge is 1.00 e. The first-order chi connectivity index (χ1) is 10.4. The molecule has 8 heteroatoms. The van der Waals surface area contributed by atoms with Gasteiger partial charge in [-0.1, -0.05) is 41.9 Å². The van der Waals surface area contributed by atoms with Crippen molar-refractivity contribution < 1.29 is 30.1 Å². The van der Waals surface area contributed by atoms with E-state index in [2.05, 4.69) is 5.32 Å². The van der Waals surface area contributed by atoms with Gasteiger partial charge in [-0.05, 0) is 0 Å². The topological polar surface area (TPSA) is 39.7 Å². The average Bonchev–Trinajstić information content (AvgIpc) is 2.94. The van der Waals surface area contributed by atoms with E-state index in [1.807, 2.05) is 0 Å². The quantitative estimate of drug-likeness (QED) is 0.758. The Labute approximate surface area is 141 Å². The zero-order chi connectivity index (χ0) is 15.9. The lowest BCUT2D eigenvalue weighted by Crippen LogP contribution is -3.00. The van der Waals surface area contributed by atoms with Crippen molar-refractivity contribution in [3.05, 3.63) is 46.5 Å². The van der Waals surface area contributed by atoms with Crippen LogP contribution in [-0.2, 0) is 12.7 Å². The summed E-state index contributed by atoms with van der Waals surface area (Å²) in [6.45, 7) is 0.901. The second-order valence-electron chi connectivity index (χ2n) is 4.82. The number of hydrogen-bond acceptors (Lipinski definition) is 2. The first kappa shape index (κ1) is 17.4. The molecule has 0 amide bonds. The van der Waals surface area contributed by atoms with Crippen LogP contribution in [0.15, 0.2) is 30.3 Å². The molecule has 0 spiro atoms. The first-order valence-electron chi connectivity index (χ1n) is 6.51. The lowest BCUT2D eigenvalue weighted by Gasteiger charge is -2.15. The number of nitriles is 1. The monoisotopic (exact) mass is 359 g/mol. The highest BCUT2D eigenvalue weighted by Crippen LogP contribution is 2.43. The van der Waals surface area contributed by atoms with Gasteiger partial charge in [0.25, 0.3) is 5.82 Å². The molecule has 1 aliphatic rings. The number of rotatable bonds is 1. The zero-order valence-corrected chi connectivity index (χ0v) is 13.1. The van der Waals surface area contributed by atoms with E-state index in [1.165, 1.54) is 0 Å². The Hall–Kier alpha value is -1.97. The van der Waals surface area contributed by atoms with Crippen LogP contribution >= 0.6 is 11.6 Å². The molecule has 0 saturated heterocycles. The molecule has 0 saturated carbocycles. The van der Waals surface area contributed by atoms with Crippen LogP contribution < -0.4 is 22.3 Å². The fourth-order valence-electron chi connectivity index (χ4n) is 2.66. The van der Waals surface area contributed by atoms with Crippen molar-refractivity contribution in [1.29, 1.82) is 5.26 Å². The Balaban J connectivity index is 0.00000192. The maximum absolute atomic E-state index is 13.4. The SMILES string of the molecule is N#Cc1c(C(F)(F)F)c(Cl)c(-c2ccccc2)[n+]2c1NCC2.[Cl-]. The van der Waals surface area contributed by atoms with Gasteiger partial charge in [0.1, 0.15) is 29.7 Å². The summed E-state index contributed by atoms with van der Waals surface area (Å²) in [5.74, 6) is 0.165. The Kier molecular flexibility index (Phi) is 4.73. The maximum Gasteiger partial charge on any atom is 0.419 e. The van der Waals surface area contributed by atoms with Gasteiger partial charge in [0.15, 0.2) is 11.3 Å². The number of fused-ring (bicyclic) bond motifs is 1. The van der Waals surface area contributed by atoms with Crippen LogP contribution in [0.3, 0.4) is 0 Å². The summed E-state index contributed by atoms with van der Waals surface area (Å²) in [7, 11) is 0. The summed E-state index contributed by atoms with van der Waals surface area (Å²) in [6, 6.07) is 10.3. The Bertz CT molecular complexity index is 784. The van der Waals surface area contributed by atoms with E-state index in [1.54, 1.807) is 41.0 Å². The van der Waals surface area contributed by atoms with Crippen LogP contribution in [0.5, 0.6) is 0 Å².